The Hall–Kier alpha value is -2.88. The van der Waals surface area contributed by atoms with Crippen molar-refractivity contribution in [1.82, 2.24) is 9.97 Å². The van der Waals surface area contributed by atoms with Gasteiger partial charge in [0.25, 0.3) is 0 Å². The normalized spacial score (nSPS) is 11.0. The minimum atomic E-state index is 0.711. The fraction of sp³-hybridized carbons (Fsp3) is 0.0588. The van der Waals surface area contributed by atoms with Gasteiger partial charge in [-0.15, -0.1) is 0 Å². The second-order valence-electron chi connectivity index (χ2n) is 4.87. The van der Waals surface area contributed by atoms with Crippen molar-refractivity contribution in [3.05, 3.63) is 66.7 Å². The quantitative estimate of drug-likeness (QED) is 0.614. The molecule has 0 radical (unpaired) electrons. The van der Waals surface area contributed by atoms with Crippen molar-refractivity contribution in [2.75, 3.05) is 5.32 Å². The van der Waals surface area contributed by atoms with Crippen molar-refractivity contribution in [1.29, 1.82) is 0 Å². The molecule has 0 atom stereocenters. The lowest BCUT2D eigenvalue weighted by molar-refractivity contribution is 0.611. The summed E-state index contributed by atoms with van der Waals surface area (Å²) in [6, 6.07) is 14.0. The van der Waals surface area contributed by atoms with Gasteiger partial charge in [-0.2, -0.15) is 0 Å². The number of hydrogen-bond acceptors (Lipinski definition) is 4. The van der Waals surface area contributed by atoms with Crippen LogP contribution in [0.5, 0.6) is 0 Å². The van der Waals surface area contributed by atoms with Crippen LogP contribution >= 0.6 is 0 Å². The van der Waals surface area contributed by atoms with E-state index in [2.05, 4.69) is 21.4 Å². The molecule has 0 unspecified atom stereocenters. The van der Waals surface area contributed by atoms with E-state index in [4.69, 9.17) is 4.42 Å². The Morgan fingerprint density at radius 3 is 2.76 bits per heavy atom. The molecule has 0 spiro atoms. The van der Waals surface area contributed by atoms with Crippen LogP contribution in [0.4, 0.5) is 5.69 Å². The molecule has 2 heterocycles. The summed E-state index contributed by atoms with van der Waals surface area (Å²) in [5, 5.41) is 4.55. The highest BCUT2D eigenvalue weighted by Crippen LogP contribution is 2.22. The first-order valence-corrected chi connectivity index (χ1v) is 6.80. The minimum Gasteiger partial charge on any atom is -0.464 e. The summed E-state index contributed by atoms with van der Waals surface area (Å²) in [7, 11) is 0. The van der Waals surface area contributed by atoms with E-state index in [1.807, 2.05) is 36.4 Å². The van der Waals surface area contributed by atoms with Gasteiger partial charge >= 0.3 is 0 Å². The van der Waals surface area contributed by atoms with Crippen molar-refractivity contribution >= 4 is 27.7 Å². The third-order valence-electron chi connectivity index (χ3n) is 3.51. The summed E-state index contributed by atoms with van der Waals surface area (Å²) in [5.41, 5.74) is 4.87. The van der Waals surface area contributed by atoms with Gasteiger partial charge in [-0.25, -0.2) is 0 Å². The molecule has 4 aromatic rings. The lowest BCUT2D eigenvalue weighted by atomic mass is 10.1. The minimum absolute atomic E-state index is 0.711. The molecule has 2 aromatic carbocycles. The molecule has 0 aliphatic carbocycles. The molecule has 0 amide bonds. The predicted octanol–water partition coefficient (Wildman–Crippen LogP) is 3.99. The summed E-state index contributed by atoms with van der Waals surface area (Å²) < 4.78 is 5.55. The Balaban J connectivity index is 1.60. The SMILES string of the molecule is c1ccc2c(CNc3ccc4nccnc4c3)coc2c1. The number of fused-ring (bicyclic) bond motifs is 2. The fourth-order valence-electron chi connectivity index (χ4n) is 2.44. The summed E-state index contributed by atoms with van der Waals surface area (Å²) in [5.74, 6) is 0. The molecule has 2 aromatic heterocycles. The number of furan rings is 1. The van der Waals surface area contributed by atoms with Crippen molar-refractivity contribution in [2.24, 2.45) is 0 Å². The Labute approximate surface area is 121 Å². The topological polar surface area (TPSA) is 51.0 Å². The number of hydrogen-bond donors (Lipinski definition) is 1. The molecule has 4 heteroatoms. The summed E-state index contributed by atoms with van der Waals surface area (Å²) in [4.78, 5) is 8.58. The second-order valence-corrected chi connectivity index (χ2v) is 4.87. The van der Waals surface area contributed by atoms with Gasteiger partial charge in [-0.3, -0.25) is 9.97 Å². The zero-order valence-electron chi connectivity index (χ0n) is 11.3. The molecule has 0 aliphatic heterocycles. The highest BCUT2D eigenvalue weighted by Gasteiger charge is 2.05. The highest BCUT2D eigenvalue weighted by atomic mass is 16.3. The molecule has 102 valence electrons. The van der Waals surface area contributed by atoms with Crippen LogP contribution in [0.1, 0.15) is 5.56 Å². The van der Waals surface area contributed by atoms with Crippen LogP contribution in [0.25, 0.3) is 22.0 Å². The zero-order valence-corrected chi connectivity index (χ0v) is 11.3. The molecular weight excluding hydrogens is 262 g/mol. The van der Waals surface area contributed by atoms with Crippen molar-refractivity contribution < 1.29 is 4.42 Å². The van der Waals surface area contributed by atoms with E-state index in [0.717, 1.165) is 33.3 Å². The van der Waals surface area contributed by atoms with Gasteiger partial charge < -0.3 is 9.73 Å². The molecule has 0 fully saturated rings. The van der Waals surface area contributed by atoms with Crippen LogP contribution < -0.4 is 5.32 Å². The summed E-state index contributed by atoms with van der Waals surface area (Å²) in [6.45, 7) is 0.711. The predicted molar refractivity (Wildman–Crippen MR) is 83.1 cm³/mol. The lowest BCUT2D eigenvalue weighted by Crippen LogP contribution is -1.98. The molecule has 0 bridgehead atoms. The Morgan fingerprint density at radius 2 is 1.81 bits per heavy atom. The maximum atomic E-state index is 5.55. The van der Waals surface area contributed by atoms with Gasteiger partial charge in [0.15, 0.2) is 0 Å². The molecule has 0 aliphatic rings. The van der Waals surface area contributed by atoms with Gasteiger partial charge in [-0.05, 0) is 24.3 Å². The highest BCUT2D eigenvalue weighted by molar-refractivity contribution is 5.81. The number of nitrogens with zero attached hydrogens (tertiary/aromatic N) is 2. The monoisotopic (exact) mass is 275 g/mol. The number of nitrogens with one attached hydrogen (secondary N) is 1. The van der Waals surface area contributed by atoms with E-state index in [0.29, 0.717) is 6.54 Å². The lowest BCUT2D eigenvalue weighted by Gasteiger charge is -2.06. The molecule has 1 N–H and O–H groups in total. The van der Waals surface area contributed by atoms with Crippen molar-refractivity contribution in [3.63, 3.8) is 0 Å². The van der Waals surface area contributed by atoms with E-state index >= 15 is 0 Å². The third-order valence-corrected chi connectivity index (χ3v) is 3.51. The Morgan fingerprint density at radius 1 is 0.952 bits per heavy atom. The number of benzene rings is 2. The summed E-state index contributed by atoms with van der Waals surface area (Å²) >= 11 is 0. The van der Waals surface area contributed by atoms with E-state index in [-0.39, 0.29) is 0 Å². The van der Waals surface area contributed by atoms with E-state index in [1.54, 1.807) is 18.7 Å². The second kappa shape index (κ2) is 4.90. The third kappa shape index (κ3) is 2.21. The zero-order chi connectivity index (χ0) is 14.1. The number of anilines is 1. The van der Waals surface area contributed by atoms with E-state index in [1.165, 1.54) is 0 Å². The van der Waals surface area contributed by atoms with Gasteiger partial charge in [0.1, 0.15) is 5.58 Å². The van der Waals surface area contributed by atoms with Gasteiger partial charge in [-0.1, -0.05) is 18.2 Å². The standard InChI is InChI=1S/C17H13N3O/c1-2-4-17-14(3-1)12(11-21-17)10-20-13-5-6-15-16(9-13)19-8-7-18-15/h1-9,11,20H,10H2. The smallest absolute Gasteiger partial charge is 0.134 e. The first-order chi connectivity index (χ1) is 10.4. The number of rotatable bonds is 3. The fourth-order valence-corrected chi connectivity index (χ4v) is 2.44. The maximum absolute atomic E-state index is 5.55. The first kappa shape index (κ1) is 11.9. The van der Waals surface area contributed by atoms with Crippen molar-refractivity contribution in [2.45, 2.75) is 6.54 Å². The van der Waals surface area contributed by atoms with E-state index < -0.39 is 0 Å². The summed E-state index contributed by atoms with van der Waals surface area (Å²) in [6.07, 6.45) is 5.21. The molecule has 4 rings (SSSR count). The molecule has 4 nitrogen and oxygen atoms in total. The van der Waals surface area contributed by atoms with E-state index in [9.17, 15) is 0 Å². The molecular formula is C17H13N3O. The number of para-hydroxylation sites is 1. The van der Waals surface area contributed by atoms with Gasteiger partial charge in [0.2, 0.25) is 0 Å². The molecule has 0 saturated carbocycles. The molecule has 0 saturated heterocycles. The number of aromatic nitrogens is 2. The van der Waals surface area contributed by atoms with Crippen LogP contribution in [0.2, 0.25) is 0 Å². The van der Waals surface area contributed by atoms with Gasteiger partial charge in [0.05, 0.1) is 17.3 Å². The van der Waals surface area contributed by atoms with Crippen LogP contribution in [0, 0.1) is 0 Å². The Kier molecular flexibility index (Phi) is 2.78. The largest absolute Gasteiger partial charge is 0.464 e. The van der Waals surface area contributed by atoms with Crippen LogP contribution in [-0.2, 0) is 6.54 Å². The average molecular weight is 275 g/mol. The first-order valence-electron chi connectivity index (χ1n) is 6.80. The molecule has 21 heavy (non-hydrogen) atoms. The van der Waals surface area contributed by atoms with Crippen LogP contribution in [-0.4, -0.2) is 9.97 Å². The Bertz CT molecular complexity index is 914. The van der Waals surface area contributed by atoms with Crippen molar-refractivity contribution in [3.8, 4) is 0 Å². The van der Waals surface area contributed by atoms with Gasteiger partial charge in [0, 0.05) is 35.6 Å². The average Bonchev–Trinajstić information content (AvgIpc) is 2.96. The van der Waals surface area contributed by atoms with Crippen LogP contribution in [0.3, 0.4) is 0 Å². The van der Waals surface area contributed by atoms with Crippen LogP contribution in [0.15, 0.2) is 65.5 Å². The maximum Gasteiger partial charge on any atom is 0.134 e.